The normalized spacial score (nSPS) is 21.1. The quantitative estimate of drug-likeness (QED) is 0.142. The summed E-state index contributed by atoms with van der Waals surface area (Å²) in [6.07, 6.45) is -16.3. The number of carboxylic acid groups (broad SMARTS) is 1. The van der Waals surface area contributed by atoms with E-state index in [4.69, 9.17) is 25.5 Å². The monoisotopic (exact) mass is 330 g/mol. The topological polar surface area (TPSA) is 225 Å². The van der Waals surface area contributed by atoms with Gasteiger partial charge in [0.05, 0.1) is 6.61 Å². The third-order valence-corrected chi connectivity index (χ3v) is 2.60. The Morgan fingerprint density at radius 2 is 1.32 bits per heavy atom. The number of aliphatic carboxylic acids is 1. The largest absolute Gasteiger partial charge is 0.479 e. The molecule has 0 saturated heterocycles. The van der Waals surface area contributed by atoms with E-state index in [0.29, 0.717) is 0 Å². The Bertz CT molecular complexity index is 373. The van der Waals surface area contributed by atoms with Gasteiger partial charge in [-0.2, -0.15) is 0 Å². The predicted molar refractivity (Wildman–Crippen MR) is 62.9 cm³/mol. The van der Waals surface area contributed by atoms with Crippen LogP contribution in [0.3, 0.4) is 0 Å². The lowest BCUT2D eigenvalue weighted by molar-refractivity contribution is -0.222. The summed E-state index contributed by atoms with van der Waals surface area (Å²) in [7, 11) is 0. The zero-order valence-electron chi connectivity index (χ0n) is 11.0. The fourth-order valence-electron chi connectivity index (χ4n) is 1.23. The van der Waals surface area contributed by atoms with Crippen molar-refractivity contribution in [2.75, 3.05) is 6.61 Å². The molecule has 0 aliphatic heterocycles. The fourth-order valence-corrected chi connectivity index (χ4v) is 1.23. The molecule has 0 saturated carbocycles. The minimum atomic E-state index is -2.58. The maximum atomic E-state index is 11.2. The third kappa shape index (κ3) is 5.43. The first kappa shape index (κ1) is 20.6. The van der Waals surface area contributed by atoms with Crippen molar-refractivity contribution in [3.05, 3.63) is 0 Å². The van der Waals surface area contributed by atoms with Crippen LogP contribution < -0.4 is 0 Å². The minimum Gasteiger partial charge on any atom is -0.479 e. The first-order chi connectivity index (χ1) is 10.0. The molecule has 0 aliphatic carbocycles. The van der Waals surface area contributed by atoms with Gasteiger partial charge in [0.2, 0.25) is 6.29 Å². The zero-order valence-corrected chi connectivity index (χ0v) is 11.0. The highest BCUT2D eigenvalue weighted by molar-refractivity contribution is 5.84. The molecule has 0 rings (SSSR count). The van der Waals surface area contributed by atoms with Crippen LogP contribution in [0.25, 0.3) is 0 Å². The van der Waals surface area contributed by atoms with Crippen molar-refractivity contribution < 1.29 is 60.3 Å². The van der Waals surface area contributed by atoms with Gasteiger partial charge in [-0.25, -0.2) is 9.59 Å². The standard InChI is InChI=1S/C10H18O12/c11-1-2(12)3(13)4(14)6(16)9(20)22-10(21)7(17)5(15)8(18)19/h2-7,9,11-17,20H,1H2,(H,18,19)/t2-,3-,4+,5?,6-,7?,9?/m1/s1. The summed E-state index contributed by atoms with van der Waals surface area (Å²) >= 11 is 0. The molecule has 0 aliphatic rings. The van der Waals surface area contributed by atoms with Gasteiger partial charge in [-0.3, -0.25) is 0 Å². The number of hydrogen-bond acceptors (Lipinski definition) is 11. The highest BCUT2D eigenvalue weighted by atomic mass is 16.7. The van der Waals surface area contributed by atoms with Gasteiger partial charge < -0.3 is 50.7 Å². The van der Waals surface area contributed by atoms with Crippen LogP contribution in [0.4, 0.5) is 0 Å². The molecular weight excluding hydrogens is 312 g/mol. The number of carboxylic acids is 1. The van der Waals surface area contributed by atoms with Crippen molar-refractivity contribution in [2.24, 2.45) is 0 Å². The lowest BCUT2D eigenvalue weighted by Crippen LogP contribution is -2.52. The van der Waals surface area contributed by atoms with E-state index in [2.05, 4.69) is 4.74 Å². The smallest absolute Gasteiger partial charge is 0.340 e. The minimum absolute atomic E-state index is 0.982. The van der Waals surface area contributed by atoms with Gasteiger partial charge in [0, 0.05) is 0 Å². The van der Waals surface area contributed by atoms with Gasteiger partial charge in [-0.1, -0.05) is 0 Å². The van der Waals surface area contributed by atoms with Crippen molar-refractivity contribution in [1.82, 2.24) is 0 Å². The van der Waals surface area contributed by atoms with E-state index in [1.54, 1.807) is 0 Å². The van der Waals surface area contributed by atoms with Crippen LogP contribution in [-0.4, -0.2) is 107 Å². The average Bonchev–Trinajstić information content (AvgIpc) is 2.49. The summed E-state index contributed by atoms with van der Waals surface area (Å²) in [5, 5.41) is 81.2. The molecule has 0 aromatic carbocycles. The van der Waals surface area contributed by atoms with Crippen LogP contribution in [0.1, 0.15) is 0 Å². The first-order valence-electron chi connectivity index (χ1n) is 5.85. The maximum Gasteiger partial charge on any atom is 0.340 e. The van der Waals surface area contributed by atoms with Crippen molar-refractivity contribution in [2.45, 2.75) is 42.9 Å². The van der Waals surface area contributed by atoms with E-state index < -0.39 is 61.5 Å². The molecule has 0 amide bonds. The number of carbonyl (C=O) groups excluding carboxylic acids is 1. The number of aliphatic hydroxyl groups is 8. The van der Waals surface area contributed by atoms with Gasteiger partial charge in [-0.05, 0) is 0 Å². The van der Waals surface area contributed by atoms with Gasteiger partial charge in [-0.15, -0.1) is 0 Å². The molecule has 0 spiro atoms. The van der Waals surface area contributed by atoms with Crippen LogP contribution in [0.2, 0.25) is 0 Å². The second-order valence-corrected chi connectivity index (χ2v) is 4.28. The van der Waals surface area contributed by atoms with E-state index in [1.807, 2.05) is 0 Å². The SMILES string of the molecule is O=C(O)C(O)C(O)C(=O)OC(O)[C@H](O)[C@@H](O)[C@H](O)[C@H](O)CO. The molecule has 0 aromatic heterocycles. The summed E-state index contributed by atoms with van der Waals surface area (Å²) in [6, 6.07) is 0. The zero-order chi connectivity index (χ0) is 17.6. The molecular formula is C10H18O12. The highest BCUT2D eigenvalue weighted by Gasteiger charge is 2.38. The second-order valence-electron chi connectivity index (χ2n) is 4.28. The molecule has 12 heteroatoms. The summed E-state index contributed by atoms with van der Waals surface area (Å²) in [6.45, 7) is -0.982. The lowest BCUT2D eigenvalue weighted by Gasteiger charge is -2.28. The lowest BCUT2D eigenvalue weighted by atomic mass is 10.0. The van der Waals surface area contributed by atoms with Crippen molar-refractivity contribution >= 4 is 11.9 Å². The van der Waals surface area contributed by atoms with Crippen LogP contribution in [0.5, 0.6) is 0 Å². The van der Waals surface area contributed by atoms with E-state index in [1.165, 1.54) is 0 Å². The number of ether oxygens (including phenoxy) is 1. The van der Waals surface area contributed by atoms with Crippen LogP contribution in [-0.2, 0) is 14.3 Å². The number of aliphatic hydroxyl groups excluding tert-OH is 8. The van der Waals surface area contributed by atoms with E-state index >= 15 is 0 Å². The van der Waals surface area contributed by atoms with Crippen LogP contribution in [0, 0.1) is 0 Å². The Labute approximate surface area is 123 Å². The maximum absolute atomic E-state index is 11.2. The second kappa shape index (κ2) is 8.92. The van der Waals surface area contributed by atoms with Gasteiger partial charge in [0.25, 0.3) is 0 Å². The average molecular weight is 330 g/mol. The van der Waals surface area contributed by atoms with E-state index in [9.17, 15) is 30.0 Å². The summed E-state index contributed by atoms with van der Waals surface area (Å²) in [5.74, 6) is -3.79. The number of carbonyl (C=O) groups is 2. The van der Waals surface area contributed by atoms with E-state index in [0.717, 1.165) is 0 Å². The summed E-state index contributed by atoms with van der Waals surface area (Å²) in [4.78, 5) is 21.5. The Hall–Kier alpha value is -1.38. The van der Waals surface area contributed by atoms with Gasteiger partial charge in [0.1, 0.15) is 24.4 Å². The van der Waals surface area contributed by atoms with E-state index in [-0.39, 0.29) is 0 Å². The highest BCUT2D eigenvalue weighted by Crippen LogP contribution is 2.11. The van der Waals surface area contributed by atoms with Crippen molar-refractivity contribution in [3.63, 3.8) is 0 Å². The third-order valence-electron chi connectivity index (χ3n) is 2.60. The Balaban J connectivity index is 4.67. The molecule has 7 atom stereocenters. The predicted octanol–water partition coefficient (Wildman–Crippen LogP) is -5.91. The van der Waals surface area contributed by atoms with Gasteiger partial charge >= 0.3 is 11.9 Å². The van der Waals surface area contributed by atoms with Crippen LogP contribution in [0.15, 0.2) is 0 Å². The fraction of sp³-hybridized carbons (Fsp3) is 0.800. The summed E-state index contributed by atoms with van der Waals surface area (Å²) in [5.41, 5.74) is 0. The molecule has 22 heavy (non-hydrogen) atoms. The molecule has 0 radical (unpaired) electrons. The molecule has 0 bridgehead atoms. The first-order valence-corrected chi connectivity index (χ1v) is 5.85. The Kier molecular flexibility index (Phi) is 8.36. The molecule has 0 fully saturated rings. The van der Waals surface area contributed by atoms with Crippen LogP contribution >= 0.6 is 0 Å². The molecule has 0 aromatic rings. The van der Waals surface area contributed by atoms with Gasteiger partial charge in [0.15, 0.2) is 12.2 Å². The molecule has 9 N–H and O–H groups in total. The van der Waals surface area contributed by atoms with Crippen molar-refractivity contribution in [3.8, 4) is 0 Å². The molecule has 3 unspecified atom stereocenters. The summed E-state index contributed by atoms with van der Waals surface area (Å²) < 4.78 is 4.01. The Morgan fingerprint density at radius 3 is 1.73 bits per heavy atom. The number of rotatable bonds is 9. The number of esters is 1. The van der Waals surface area contributed by atoms with Crippen molar-refractivity contribution in [1.29, 1.82) is 0 Å². The molecule has 12 nitrogen and oxygen atoms in total. The molecule has 130 valence electrons. The molecule has 0 heterocycles. The number of hydrogen-bond donors (Lipinski definition) is 9. The Morgan fingerprint density at radius 1 is 0.818 bits per heavy atom.